The van der Waals surface area contributed by atoms with Crippen LogP contribution >= 0.6 is 0 Å². The van der Waals surface area contributed by atoms with E-state index in [1.54, 1.807) is 14.0 Å². The van der Waals surface area contributed by atoms with Gasteiger partial charge in [0.05, 0.1) is 12.2 Å². The molecule has 8 heteroatoms. The molecule has 1 atom stereocenters. The standard InChI is InChI=1S/C23H30N4O4/c1-17(24-23(30)18-8-9-22(29)27(16-18)12-13-31-2)14-21(28)25-19-6-5-7-20(15-19)26-10-3-4-11-26/h5-9,15-17H,3-4,10-14H2,1-2H3,(H,24,30)(H,25,28). The van der Waals surface area contributed by atoms with Crippen molar-refractivity contribution in [3.63, 3.8) is 0 Å². The van der Waals surface area contributed by atoms with Crippen LogP contribution in [0.4, 0.5) is 11.4 Å². The summed E-state index contributed by atoms with van der Waals surface area (Å²) in [6.45, 7) is 4.60. The number of anilines is 2. The van der Waals surface area contributed by atoms with Crippen LogP contribution in [0.15, 0.2) is 47.4 Å². The lowest BCUT2D eigenvalue weighted by Crippen LogP contribution is -2.36. The molecule has 0 radical (unpaired) electrons. The molecule has 1 aliphatic rings. The molecule has 0 bridgehead atoms. The summed E-state index contributed by atoms with van der Waals surface area (Å²) >= 11 is 0. The molecule has 1 fully saturated rings. The molecule has 1 unspecified atom stereocenters. The number of hydrogen-bond acceptors (Lipinski definition) is 5. The number of hydrogen-bond donors (Lipinski definition) is 2. The molecule has 0 saturated carbocycles. The van der Waals surface area contributed by atoms with Crippen molar-refractivity contribution in [2.24, 2.45) is 0 Å². The van der Waals surface area contributed by atoms with Gasteiger partial charge in [0, 0.05) is 62.8 Å². The highest BCUT2D eigenvalue weighted by Gasteiger charge is 2.16. The summed E-state index contributed by atoms with van der Waals surface area (Å²) in [7, 11) is 1.55. The average molecular weight is 427 g/mol. The van der Waals surface area contributed by atoms with E-state index < -0.39 is 0 Å². The van der Waals surface area contributed by atoms with Crippen molar-refractivity contribution >= 4 is 23.2 Å². The summed E-state index contributed by atoms with van der Waals surface area (Å²) in [6, 6.07) is 10.3. The normalized spacial score (nSPS) is 14.3. The lowest BCUT2D eigenvalue weighted by atomic mass is 10.2. The summed E-state index contributed by atoms with van der Waals surface area (Å²) in [4.78, 5) is 39.2. The molecular weight excluding hydrogens is 396 g/mol. The predicted molar refractivity (Wildman–Crippen MR) is 121 cm³/mol. The van der Waals surface area contributed by atoms with E-state index in [0.717, 1.165) is 24.5 Å². The van der Waals surface area contributed by atoms with Crippen molar-refractivity contribution < 1.29 is 14.3 Å². The zero-order chi connectivity index (χ0) is 22.2. The van der Waals surface area contributed by atoms with Crippen LogP contribution in [-0.2, 0) is 16.1 Å². The fraction of sp³-hybridized carbons (Fsp3) is 0.435. The van der Waals surface area contributed by atoms with E-state index in [4.69, 9.17) is 4.74 Å². The second kappa shape index (κ2) is 10.8. The minimum Gasteiger partial charge on any atom is -0.383 e. The maximum atomic E-state index is 12.5. The second-order valence-electron chi connectivity index (χ2n) is 7.81. The molecule has 166 valence electrons. The van der Waals surface area contributed by atoms with Gasteiger partial charge in [-0.05, 0) is 44.0 Å². The zero-order valence-electron chi connectivity index (χ0n) is 18.1. The summed E-state index contributed by atoms with van der Waals surface area (Å²) in [5.74, 6) is -0.501. The van der Waals surface area contributed by atoms with Crippen molar-refractivity contribution in [3.8, 4) is 0 Å². The Labute approximate surface area is 182 Å². The number of nitrogens with one attached hydrogen (secondary N) is 2. The molecule has 2 amide bonds. The number of ether oxygens (including phenoxy) is 1. The number of amides is 2. The van der Waals surface area contributed by atoms with Gasteiger partial charge in [-0.2, -0.15) is 0 Å². The van der Waals surface area contributed by atoms with Crippen molar-refractivity contribution in [2.45, 2.75) is 38.8 Å². The zero-order valence-corrected chi connectivity index (χ0v) is 18.1. The maximum absolute atomic E-state index is 12.5. The molecule has 2 N–H and O–H groups in total. The number of benzene rings is 1. The fourth-order valence-electron chi connectivity index (χ4n) is 3.63. The van der Waals surface area contributed by atoms with Crippen LogP contribution in [0, 0.1) is 0 Å². The summed E-state index contributed by atoms with van der Waals surface area (Å²) in [5, 5.41) is 5.73. The van der Waals surface area contributed by atoms with Crippen LogP contribution in [0.2, 0.25) is 0 Å². The molecule has 1 aromatic heterocycles. The van der Waals surface area contributed by atoms with Crippen molar-refractivity contribution in [1.29, 1.82) is 0 Å². The third kappa shape index (κ3) is 6.42. The van der Waals surface area contributed by atoms with Gasteiger partial charge in [0.2, 0.25) is 5.91 Å². The van der Waals surface area contributed by atoms with E-state index in [0.29, 0.717) is 18.7 Å². The monoisotopic (exact) mass is 426 g/mol. The first-order chi connectivity index (χ1) is 15.0. The maximum Gasteiger partial charge on any atom is 0.252 e. The van der Waals surface area contributed by atoms with Gasteiger partial charge in [0.1, 0.15) is 0 Å². The van der Waals surface area contributed by atoms with Crippen LogP contribution in [0.3, 0.4) is 0 Å². The third-order valence-electron chi connectivity index (χ3n) is 5.25. The minimum atomic E-state index is -0.367. The molecule has 2 aromatic rings. The van der Waals surface area contributed by atoms with Gasteiger partial charge in [-0.1, -0.05) is 6.07 Å². The van der Waals surface area contributed by atoms with Crippen LogP contribution in [0.5, 0.6) is 0 Å². The third-order valence-corrected chi connectivity index (χ3v) is 5.25. The van der Waals surface area contributed by atoms with E-state index >= 15 is 0 Å². The Hall–Kier alpha value is -3.13. The molecule has 31 heavy (non-hydrogen) atoms. The van der Waals surface area contributed by atoms with Gasteiger partial charge in [-0.25, -0.2) is 0 Å². The van der Waals surface area contributed by atoms with Gasteiger partial charge in [0.15, 0.2) is 0 Å². The van der Waals surface area contributed by atoms with Gasteiger partial charge < -0.3 is 24.8 Å². The van der Waals surface area contributed by atoms with Gasteiger partial charge in [-0.3, -0.25) is 14.4 Å². The van der Waals surface area contributed by atoms with Crippen molar-refractivity contribution in [1.82, 2.24) is 9.88 Å². The Morgan fingerprint density at radius 1 is 1.16 bits per heavy atom. The summed E-state index contributed by atoms with van der Waals surface area (Å²) < 4.78 is 6.42. The van der Waals surface area contributed by atoms with E-state index in [1.807, 2.05) is 18.2 Å². The Balaban J connectivity index is 1.54. The molecule has 1 aromatic carbocycles. The topological polar surface area (TPSA) is 92.7 Å². The lowest BCUT2D eigenvalue weighted by molar-refractivity contribution is -0.116. The van der Waals surface area contributed by atoms with Gasteiger partial charge >= 0.3 is 0 Å². The molecule has 8 nitrogen and oxygen atoms in total. The van der Waals surface area contributed by atoms with Crippen LogP contribution < -0.4 is 21.1 Å². The first kappa shape index (κ1) is 22.6. The first-order valence-electron chi connectivity index (χ1n) is 10.6. The van der Waals surface area contributed by atoms with Gasteiger partial charge in [0.25, 0.3) is 11.5 Å². The Kier molecular flexibility index (Phi) is 7.83. The second-order valence-corrected chi connectivity index (χ2v) is 7.81. The number of nitrogens with zero attached hydrogens (tertiary/aromatic N) is 2. The Morgan fingerprint density at radius 3 is 2.68 bits per heavy atom. The van der Waals surface area contributed by atoms with E-state index in [9.17, 15) is 14.4 Å². The van der Waals surface area contributed by atoms with Crippen molar-refractivity contribution in [2.75, 3.05) is 37.0 Å². The lowest BCUT2D eigenvalue weighted by Gasteiger charge is -2.19. The largest absolute Gasteiger partial charge is 0.383 e. The number of rotatable bonds is 9. The number of carbonyl (C=O) groups excluding carboxylic acids is 2. The number of aromatic nitrogens is 1. The van der Waals surface area contributed by atoms with Crippen molar-refractivity contribution in [3.05, 3.63) is 58.5 Å². The Bertz CT molecular complexity index is 966. The SMILES string of the molecule is COCCn1cc(C(=O)NC(C)CC(=O)Nc2cccc(N3CCCC3)c2)ccc1=O. The van der Waals surface area contributed by atoms with Gasteiger partial charge in [-0.15, -0.1) is 0 Å². The highest BCUT2D eigenvalue weighted by Crippen LogP contribution is 2.23. The molecule has 0 aliphatic carbocycles. The fourth-order valence-corrected chi connectivity index (χ4v) is 3.63. The summed E-state index contributed by atoms with van der Waals surface area (Å²) in [6.07, 6.45) is 4.03. The van der Waals surface area contributed by atoms with E-state index in [-0.39, 0.29) is 29.8 Å². The average Bonchev–Trinajstić information content (AvgIpc) is 3.28. The predicted octanol–water partition coefficient (Wildman–Crippen LogP) is 2.24. The summed E-state index contributed by atoms with van der Waals surface area (Å²) in [5.41, 5.74) is 2.02. The molecule has 0 spiro atoms. The molecular formula is C23H30N4O4. The highest BCUT2D eigenvalue weighted by molar-refractivity contribution is 5.95. The van der Waals surface area contributed by atoms with Crippen LogP contribution in [0.25, 0.3) is 0 Å². The smallest absolute Gasteiger partial charge is 0.252 e. The molecule has 2 heterocycles. The quantitative estimate of drug-likeness (QED) is 0.642. The molecule has 1 aliphatic heterocycles. The van der Waals surface area contributed by atoms with E-state index in [2.05, 4.69) is 21.6 Å². The molecule has 3 rings (SSSR count). The van der Waals surface area contributed by atoms with Crippen LogP contribution in [0.1, 0.15) is 36.5 Å². The van der Waals surface area contributed by atoms with E-state index in [1.165, 1.54) is 35.7 Å². The first-order valence-corrected chi connectivity index (χ1v) is 10.6. The highest BCUT2D eigenvalue weighted by atomic mass is 16.5. The number of pyridine rings is 1. The molecule has 1 saturated heterocycles. The number of methoxy groups -OCH3 is 1. The van der Waals surface area contributed by atoms with Crippen LogP contribution in [-0.4, -0.2) is 49.2 Å². The minimum absolute atomic E-state index is 0.142. The number of carbonyl (C=O) groups is 2. The Morgan fingerprint density at radius 2 is 1.94 bits per heavy atom.